The van der Waals surface area contributed by atoms with E-state index in [1.807, 2.05) is 0 Å². The van der Waals surface area contributed by atoms with Gasteiger partial charge in [0.2, 0.25) is 0 Å². The predicted octanol–water partition coefficient (Wildman–Crippen LogP) is 2.59. The number of halogens is 1. The Hall–Kier alpha value is -1.88. The number of aromatic nitrogens is 2. The predicted molar refractivity (Wildman–Crippen MR) is 63.2 cm³/mol. The topological polar surface area (TPSA) is 68.0 Å². The van der Waals surface area contributed by atoms with Gasteiger partial charge in [-0.15, -0.1) is 0 Å². The molecule has 0 fully saturated rings. The first kappa shape index (κ1) is 11.6. The minimum Gasteiger partial charge on any atom is -0.360 e. The lowest BCUT2D eigenvalue weighted by Gasteiger charge is -2.02. The molecule has 2 heterocycles. The zero-order valence-electron chi connectivity index (χ0n) is 9.32. The van der Waals surface area contributed by atoms with Crippen LogP contribution in [-0.2, 0) is 0 Å². The largest absolute Gasteiger partial charge is 0.360 e. The lowest BCUT2D eigenvalue weighted by molar-refractivity contribution is 0.102. The third kappa shape index (κ3) is 2.82. The smallest absolute Gasteiger partial charge is 0.257 e. The second kappa shape index (κ2) is 4.55. The SMILES string of the molecule is Cc1cc(C(=O)Nc2cc(C)on2)cc(Cl)n1. The summed E-state index contributed by atoms with van der Waals surface area (Å²) in [6.07, 6.45) is 0. The Labute approximate surface area is 103 Å². The molecule has 0 aliphatic carbocycles. The molecule has 88 valence electrons. The van der Waals surface area contributed by atoms with Gasteiger partial charge in [0, 0.05) is 17.3 Å². The van der Waals surface area contributed by atoms with E-state index in [0.29, 0.717) is 22.8 Å². The van der Waals surface area contributed by atoms with Crippen molar-refractivity contribution in [2.75, 3.05) is 5.32 Å². The highest BCUT2D eigenvalue weighted by Crippen LogP contribution is 2.13. The zero-order chi connectivity index (χ0) is 12.4. The first-order valence-electron chi connectivity index (χ1n) is 4.93. The van der Waals surface area contributed by atoms with E-state index in [9.17, 15) is 4.79 Å². The molecule has 0 unspecified atom stereocenters. The Bertz CT molecular complexity index is 545. The van der Waals surface area contributed by atoms with Crippen molar-refractivity contribution in [1.29, 1.82) is 0 Å². The highest BCUT2D eigenvalue weighted by Gasteiger charge is 2.10. The minimum atomic E-state index is -0.300. The number of hydrogen-bond acceptors (Lipinski definition) is 4. The van der Waals surface area contributed by atoms with Gasteiger partial charge in [0.15, 0.2) is 5.82 Å². The third-order valence-corrected chi connectivity index (χ3v) is 2.25. The van der Waals surface area contributed by atoms with Gasteiger partial charge in [0.05, 0.1) is 0 Å². The van der Waals surface area contributed by atoms with Gasteiger partial charge in [-0.1, -0.05) is 16.8 Å². The molecule has 1 N–H and O–H groups in total. The average Bonchev–Trinajstić information content (AvgIpc) is 2.62. The van der Waals surface area contributed by atoms with Crippen molar-refractivity contribution in [3.8, 4) is 0 Å². The van der Waals surface area contributed by atoms with E-state index in [1.54, 1.807) is 26.0 Å². The number of pyridine rings is 1. The molecule has 0 atom stereocenters. The molecule has 0 saturated heterocycles. The maximum absolute atomic E-state index is 11.8. The van der Waals surface area contributed by atoms with Gasteiger partial charge in [-0.2, -0.15) is 0 Å². The molecule has 17 heavy (non-hydrogen) atoms. The highest BCUT2D eigenvalue weighted by atomic mass is 35.5. The summed E-state index contributed by atoms with van der Waals surface area (Å²) in [6.45, 7) is 3.51. The van der Waals surface area contributed by atoms with E-state index in [0.717, 1.165) is 0 Å². The van der Waals surface area contributed by atoms with Crippen LogP contribution in [0.5, 0.6) is 0 Å². The summed E-state index contributed by atoms with van der Waals surface area (Å²) >= 11 is 5.78. The highest BCUT2D eigenvalue weighted by molar-refractivity contribution is 6.29. The number of nitrogens with zero attached hydrogens (tertiary/aromatic N) is 2. The maximum atomic E-state index is 11.8. The number of rotatable bonds is 2. The van der Waals surface area contributed by atoms with Crippen LogP contribution in [0.2, 0.25) is 5.15 Å². The first-order chi connectivity index (χ1) is 8.04. The summed E-state index contributed by atoms with van der Waals surface area (Å²) in [6, 6.07) is 4.78. The fourth-order valence-electron chi connectivity index (χ4n) is 1.37. The molecule has 6 heteroatoms. The van der Waals surface area contributed by atoms with Crippen molar-refractivity contribution in [1.82, 2.24) is 10.1 Å². The Morgan fingerprint density at radius 3 is 2.71 bits per heavy atom. The van der Waals surface area contributed by atoms with E-state index in [2.05, 4.69) is 15.5 Å². The number of hydrogen-bond donors (Lipinski definition) is 1. The molecule has 0 aromatic carbocycles. The number of aryl methyl sites for hydroxylation is 2. The number of carbonyl (C=O) groups is 1. The summed E-state index contributed by atoms with van der Waals surface area (Å²) in [4.78, 5) is 15.8. The van der Waals surface area contributed by atoms with Crippen LogP contribution in [0, 0.1) is 13.8 Å². The van der Waals surface area contributed by atoms with Gasteiger partial charge in [-0.05, 0) is 26.0 Å². The second-order valence-electron chi connectivity index (χ2n) is 3.60. The van der Waals surface area contributed by atoms with Crippen LogP contribution in [0.4, 0.5) is 5.82 Å². The quantitative estimate of drug-likeness (QED) is 0.833. The minimum absolute atomic E-state index is 0.284. The van der Waals surface area contributed by atoms with Crippen LogP contribution in [0.15, 0.2) is 22.7 Å². The normalized spacial score (nSPS) is 10.3. The van der Waals surface area contributed by atoms with Crippen LogP contribution in [0.1, 0.15) is 21.8 Å². The fraction of sp³-hybridized carbons (Fsp3) is 0.182. The molecule has 0 aliphatic heterocycles. The summed E-state index contributed by atoms with van der Waals surface area (Å²) in [5, 5.41) is 6.56. The van der Waals surface area contributed by atoms with Crippen molar-refractivity contribution < 1.29 is 9.32 Å². The van der Waals surface area contributed by atoms with Gasteiger partial charge < -0.3 is 9.84 Å². The molecular formula is C11H10ClN3O2. The summed E-state index contributed by atoms with van der Waals surface area (Å²) < 4.78 is 4.85. The van der Waals surface area contributed by atoms with Crippen LogP contribution in [0.3, 0.4) is 0 Å². The number of carbonyl (C=O) groups excluding carboxylic acids is 1. The van der Waals surface area contributed by atoms with Crippen LogP contribution < -0.4 is 5.32 Å². The summed E-state index contributed by atoms with van der Waals surface area (Å²) in [5.74, 6) is 0.702. The van der Waals surface area contributed by atoms with Crippen molar-refractivity contribution in [3.63, 3.8) is 0 Å². The van der Waals surface area contributed by atoms with Crippen LogP contribution >= 0.6 is 11.6 Å². The number of amides is 1. The van der Waals surface area contributed by atoms with Crippen LogP contribution in [-0.4, -0.2) is 16.0 Å². The molecule has 0 spiro atoms. The molecule has 2 aromatic rings. The van der Waals surface area contributed by atoms with Gasteiger partial charge >= 0.3 is 0 Å². The molecule has 0 bridgehead atoms. The van der Waals surface area contributed by atoms with Crippen molar-refractivity contribution >= 4 is 23.3 Å². The molecule has 2 aromatic heterocycles. The fourth-order valence-corrected chi connectivity index (χ4v) is 1.62. The number of nitrogens with one attached hydrogen (secondary N) is 1. The molecule has 1 amide bonds. The Balaban J connectivity index is 2.19. The van der Waals surface area contributed by atoms with E-state index in [1.165, 1.54) is 6.07 Å². The van der Waals surface area contributed by atoms with Gasteiger partial charge in [0.1, 0.15) is 10.9 Å². The lowest BCUT2D eigenvalue weighted by Crippen LogP contribution is -2.12. The molecule has 0 aliphatic rings. The summed E-state index contributed by atoms with van der Waals surface area (Å²) in [7, 11) is 0. The molecule has 0 saturated carbocycles. The Kier molecular flexibility index (Phi) is 3.10. The lowest BCUT2D eigenvalue weighted by atomic mass is 10.2. The van der Waals surface area contributed by atoms with E-state index < -0.39 is 0 Å². The average molecular weight is 252 g/mol. The Morgan fingerprint density at radius 2 is 2.12 bits per heavy atom. The Morgan fingerprint density at radius 1 is 1.35 bits per heavy atom. The van der Waals surface area contributed by atoms with E-state index in [-0.39, 0.29) is 11.1 Å². The molecular weight excluding hydrogens is 242 g/mol. The van der Waals surface area contributed by atoms with E-state index in [4.69, 9.17) is 16.1 Å². The van der Waals surface area contributed by atoms with Crippen molar-refractivity contribution in [2.24, 2.45) is 0 Å². The first-order valence-corrected chi connectivity index (χ1v) is 5.31. The standard InChI is InChI=1S/C11H10ClN3O2/c1-6-3-8(5-9(12)13-6)11(16)14-10-4-7(2)17-15-10/h3-5H,1-2H3,(H,14,15,16). The van der Waals surface area contributed by atoms with Gasteiger partial charge in [0.25, 0.3) is 5.91 Å². The monoisotopic (exact) mass is 251 g/mol. The number of anilines is 1. The van der Waals surface area contributed by atoms with Crippen LogP contribution in [0.25, 0.3) is 0 Å². The molecule has 5 nitrogen and oxygen atoms in total. The van der Waals surface area contributed by atoms with E-state index >= 15 is 0 Å². The van der Waals surface area contributed by atoms with Gasteiger partial charge in [-0.25, -0.2) is 4.98 Å². The molecule has 0 radical (unpaired) electrons. The maximum Gasteiger partial charge on any atom is 0.257 e. The van der Waals surface area contributed by atoms with Crippen molar-refractivity contribution in [2.45, 2.75) is 13.8 Å². The van der Waals surface area contributed by atoms with Gasteiger partial charge in [-0.3, -0.25) is 4.79 Å². The molecule has 2 rings (SSSR count). The zero-order valence-corrected chi connectivity index (χ0v) is 10.1. The third-order valence-electron chi connectivity index (χ3n) is 2.05. The van der Waals surface area contributed by atoms with Crippen molar-refractivity contribution in [3.05, 3.63) is 40.4 Å². The summed E-state index contributed by atoms with van der Waals surface area (Å²) in [5.41, 5.74) is 1.11. The second-order valence-corrected chi connectivity index (χ2v) is 3.98.